The molecule has 1 unspecified atom stereocenters. The lowest BCUT2D eigenvalue weighted by molar-refractivity contribution is 0.247. The van der Waals surface area contributed by atoms with E-state index in [0.29, 0.717) is 18.2 Å². The molecule has 1 saturated heterocycles. The summed E-state index contributed by atoms with van der Waals surface area (Å²) >= 11 is 0. The molecule has 90 valence electrons. The molecule has 0 saturated carbocycles. The number of oxazole rings is 1. The Morgan fingerprint density at radius 1 is 1.56 bits per heavy atom. The van der Waals surface area contributed by atoms with Gasteiger partial charge in [0.2, 0.25) is 0 Å². The highest BCUT2D eigenvalue weighted by atomic mass is 16.4. The third kappa shape index (κ3) is 2.44. The Kier molecular flexibility index (Phi) is 3.61. The zero-order chi connectivity index (χ0) is 11.5. The van der Waals surface area contributed by atoms with Gasteiger partial charge in [0.15, 0.2) is 5.89 Å². The fourth-order valence-corrected chi connectivity index (χ4v) is 2.44. The van der Waals surface area contributed by atoms with Crippen molar-refractivity contribution in [1.29, 1.82) is 0 Å². The maximum Gasteiger partial charge on any atom is 0.196 e. The van der Waals surface area contributed by atoms with Crippen molar-refractivity contribution >= 4 is 0 Å². The average molecular weight is 224 g/mol. The highest BCUT2D eigenvalue weighted by molar-refractivity contribution is 5.15. The van der Waals surface area contributed by atoms with Crippen molar-refractivity contribution in [1.82, 2.24) is 9.88 Å². The predicted molar refractivity (Wildman–Crippen MR) is 61.5 cm³/mol. The Labute approximate surface area is 96.3 Å². The molecule has 4 heteroatoms. The molecule has 4 nitrogen and oxygen atoms in total. The first kappa shape index (κ1) is 11.6. The number of piperidine rings is 1. The summed E-state index contributed by atoms with van der Waals surface area (Å²) in [5, 5.41) is 8.86. The van der Waals surface area contributed by atoms with E-state index in [0.717, 1.165) is 18.0 Å². The Morgan fingerprint density at radius 3 is 3.06 bits per heavy atom. The average Bonchev–Trinajstić information content (AvgIpc) is 2.60. The molecule has 1 fully saturated rings. The highest BCUT2D eigenvalue weighted by Crippen LogP contribution is 2.28. The summed E-state index contributed by atoms with van der Waals surface area (Å²) in [6, 6.07) is 0. The number of hydrogen-bond acceptors (Lipinski definition) is 4. The molecule has 1 aromatic heterocycles. The highest BCUT2D eigenvalue weighted by Gasteiger charge is 2.24. The minimum Gasteiger partial charge on any atom is -0.446 e. The number of nitrogens with zero attached hydrogens (tertiary/aromatic N) is 2. The Hall–Kier alpha value is -0.870. The molecular weight excluding hydrogens is 204 g/mol. The van der Waals surface area contributed by atoms with Gasteiger partial charge in [0.05, 0.1) is 12.3 Å². The van der Waals surface area contributed by atoms with Gasteiger partial charge < -0.3 is 14.4 Å². The third-order valence-electron chi connectivity index (χ3n) is 3.21. The van der Waals surface area contributed by atoms with Gasteiger partial charge in [-0.3, -0.25) is 0 Å². The smallest absolute Gasteiger partial charge is 0.196 e. The van der Waals surface area contributed by atoms with Gasteiger partial charge in [-0.1, -0.05) is 0 Å². The van der Waals surface area contributed by atoms with Gasteiger partial charge in [0.1, 0.15) is 5.76 Å². The molecule has 1 N–H and O–H groups in total. The second kappa shape index (κ2) is 4.97. The summed E-state index contributed by atoms with van der Waals surface area (Å²) < 4.78 is 5.55. The van der Waals surface area contributed by atoms with Crippen LogP contribution in [0, 0.1) is 6.92 Å². The monoisotopic (exact) mass is 224 g/mol. The van der Waals surface area contributed by atoms with Crippen molar-refractivity contribution in [3.8, 4) is 0 Å². The van der Waals surface area contributed by atoms with Crippen molar-refractivity contribution in [2.75, 3.05) is 26.7 Å². The molecule has 1 aliphatic heterocycles. The van der Waals surface area contributed by atoms with E-state index in [1.807, 2.05) is 6.92 Å². The van der Waals surface area contributed by atoms with Crippen LogP contribution in [0.4, 0.5) is 0 Å². The molecule has 0 aliphatic carbocycles. The maximum atomic E-state index is 8.86. The summed E-state index contributed by atoms with van der Waals surface area (Å²) in [5.74, 6) is 2.09. The van der Waals surface area contributed by atoms with Crippen molar-refractivity contribution in [2.45, 2.75) is 32.1 Å². The summed E-state index contributed by atoms with van der Waals surface area (Å²) in [5.41, 5.74) is 1.09. The van der Waals surface area contributed by atoms with Gasteiger partial charge in [0.25, 0.3) is 0 Å². The van der Waals surface area contributed by atoms with Crippen molar-refractivity contribution < 1.29 is 9.52 Å². The number of aromatic nitrogens is 1. The van der Waals surface area contributed by atoms with Crippen LogP contribution in [0.15, 0.2) is 4.42 Å². The van der Waals surface area contributed by atoms with E-state index in [9.17, 15) is 0 Å². The number of aryl methyl sites for hydroxylation is 1. The largest absolute Gasteiger partial charge is 0.446 e. The van der Waals surface area contributed by atoms with E-state index in [1.165, 1.54) is 19.4 Å². The van der Waals surface area contributed by atoms with Crippen LogP contribution in [0.3, 0.4) is 0 Å². The Bertz CT molecular complexity index is 349. The lowest BCUT2D eigenvalue weighted by atomic mass is 9.94. The number of likely N-dealkylation sites (N-methyl/N-ethyl adjacent to an activating group) is 1. The van der Waals surface area contributed by atoms with E-state index in [4.69, 9.17) is 9.52 Å². The van der Waals surface area contributed by atoms with Gasteiger partial charge in [-0.2, -0.15) is 0 Å². The van der Waals surface area contributed by atoms with E-state index in [1.54, 1.807) is 0 Å². The molecule has 16 heavy (non-hydrogen) atoms. The van der Waals surface area contributed by atoms with Gasteiger partial charge in [-0.25, -0.2) is 4.98 Å². The van der Waals surface area contributed by atoms with Crippen LogP contribution in [0.1, 0.15) is 36.1 Å². The lowest BCUT2D eigenvalue weighted by Crippen LogP contribution is -2.31. The first-order chi connectivity index (χ1) is 7.70. The minimum atomic E-state index is 0.101. The number of hydrogen-bond donors (Lipinski definition) is 1. The van der Waals surface area contributed by atoms with Crippen molar-refractivity contribution in [2.24, 2.45) is 0 Å². The maximum absolute atomic E-state index is 8.86. The van der Waals surface area contributed by atoms with Gasteiger partial charge in [0, 0.05) is 18.9 Å². The third-order valence-corrected chi connectivity index (χ3v) is 3.21. The van der Waals surface area contributed by atoms with Crippen LogP contribution in [0.2, 0.25) is 0 Å². The quantitative estimate of drug-likeness (QED) is 0.841. The number of rotatable bonds is 3. The van der Waals surface area contributed by atoms with Crippen LogP contribution in [-0.4, -0.2) is 41.7 Å². The van der Waals surface area contributed by atoms with E-state index >= 15 is 0 Å². The van der Waals surface area contributed by atoms with E-state index < -0.39 is 0 Å². The molecule has 1 atom stereocenters. The van der Waals surface area contributed by atoms with Gasteiger partial charge >= 0.3 is 0 Å². The summed E-state index contributed by atoms with van der Waals surface area (Å²) in [6.07, 6.45) is 2.93. The predicted octanol–water partition coefficient (Wildman–Crippen LogP) is 1.33. The summed E-state index contributed by atoms with van der Waals surface area (Å²) in [7, 11) is 2.15. The molecule has 2 heterocycles. The fourth-order valence-electron chi connectivity index (χ4n) is 2.44. The van der Waals surface area contributed by atoms with Crippen LogP contribution >= 0.6 is 0 Å². The number of aliphatic hydroxyl groups excluding tert-OH is 1. The molecule has 2 rings (SSSR count). The molecule has 0 spiro atoms. The second-order valence-electron chi connectivity index (χ2n) is 4.62. The zero-order valence-electron chi connectivity index (χ0n) is 10.1. The zero-order valence-corrected chi connectivity index (χ0v) is 10.1. The molecule has 0 bridgehead atoms. The fraction of sp³-hybridized carbons (Fsp3) is 0.750. The molecule has 1 aliphatic rings. The Balaban J connectivity index is 2.12. The van der Waals surface area contributed by atoms with E-state index in [-0.39, 0.29) is 6.61 Å². The molecule has 0 radical (unpaired) electrons. The Morgan fingerprint density at radius 2 is 2.38 bits per heavy atom. The van der Waals surface area contributed by atoms with Crippen molar-refractivity contribution in [3.63, 3.8) is 0 Å². The van der Waals surface area contributed by atoms with Crippen molar-refractivity contribution in [3.05, 3.63) is 17.3 Å². The summed E-state index contributed by atoms with van der Waals surface area (Å²) in [6.45, 7) is 4.31. The van der Waals surface area contributed by atoms with Gasteiger partial charge in [-0.15, -0.1) is 0 Å². The SMILES string of the molecule is Cc1oc(CCO)nc1C1CCCN(C)C1. The van der Waals surface area contributed by atoms with Crippen LogP contribution < -0.4 is 0 Å². The first-order valence-electron chi connectivity index (χ1n) is 5.96. The molecule has 0 amide bonds. The topological polar surface area (TPSA) is 49.5 Å². The van der Waals surface area contributed by atoms with Crippen LogP contribution in [0.5, 0.6) is 0 Å². The second-order valence-corrected chi connectivity index (χ2v) is 4.62. The van der Waals surface area contributed by atoms with Crippen LogP contribution in [-0.2, 0) is 6.42 Å². The van der Waals surface area contributed by atoms with Gasteiger partial charge in [-0.05, 0) is 33.4 Å². The standard InChI is InChI=1S/C12H20N2O2/c1-9-12(13-11(16-9)5-7-15)10-4-3-6-14(2)8-10/h10,15H,3-8H2,1-2H3. The molecular formula is C12H20N2O2. The summed E-state index contributed by atoms with van der Waals surface area (Å²) in [4.78, 5) is 6.85. The number of aliphatic hydroxyl groups is 1. The lowest BCUT2D eigenvalue weighted by Gasteiger charge is -2.28. The minimum absolute atomic E-state index is 0.101. The van der Waals surface area contributed by atoms with E-state index in [2.05, 4.69) is 16.9 Å². The molecule has 0 aromatic carbocycles. The first-order valence-corrected chi connectivity index (χ1v) is 5.96. The van der Waals surface area contributed by atoms with Crippen LogP contribution in [0.25, 0.3) is 0 Å². The molecule has 1 aromatic rings. The number of likely N-dealkylation sites (tertiary alicyclic amines) is 1. The normalized spacial score (nSPS) is 22.6.